The van der Waals surface area contributed by atoms with Crippen molar-refractivity contribution in [2.75, 3.05) is 31.1 Å². The van der Waals surface area contributed by atoms with Crippen molar-refractivity contribution in [3.8, 4) is 0 Å². The monoisotopic (exact) mass is 401 g/mol. The van der Waals surface area contributed by atoms with E-state index in [-0.39, 0.29) is 5.91 Å². The Morgan fingerprint density at radius 3 is 2.70 bits per heavy atom. The number of rotatable bonds is 3. The molecule has 0 atom stereocenters. The Bertz CT molecular complexity index is 1240. The van der Waals surface area contributed by atoms with Crippen LogP contribution in [0.3, 0.4) is 0 Å². The van der Waals surface area contributed by atoms with E-state index >= 15 is 0 Å². The van der Waals surface area contributed by atoms with Crippen LogP contribution in [0.1, 0.15) is 11.4 Å². The van der Waals surface area contributed by atoms with Crippen molar-refractivity contribution in [2.24, 2.45) is 7.05 Å². The smallest absolute Gasteiger partial charge is 0.227 e. The average Bonchev–Trinajstić information content (AvgIpc) is 3.14. The van der Waals surface area contributed by atoms with E-state index < -0.39 is 0 Å². The number of aromatic nitrogens is 5. The van der Waals surface area contributed by atoms with Crippen LogP contribution in [0.4, 0.5) is 5.82 Å². The molecule has 1 fully saturated rings. The summed E-state index contributed by atoms with van der Waals surface area (Å²) in [5.41, 5.74) is 2.71. The normalized spacial score (nSPS) is 14.6. The van der Waals surface area contributed by atoms with Crippen LogP contribution in [-0.2, 0) is 18.3 Å². The highest BCUT2D eigenvalue weighted by molar-refractivity contribution is 5.89. The summed E-state index contributed by atoms with van der Waals surface area (Å²) in [4.78, 5) is 30.8. The van der Waals surface area contributed by atoms with Crippen molar-refractivity contribution in [3.63, 3.8) is 0 Å². The molecule has 1 aliphatic rings. The predicted molar refractivity (Wildman–Crippen MR) is 115 cm³/mol. The van der Waals surface area contributed by atoms with Crippen LogP contribution in [0, 0.1) is 6.92 Å². The molecular formula is C22H23N7O. The highest BCUT2D eigenvalue weighted by Gasteiger charge is 2.24. The van der Waals surface area contributed by atoms with Gasteiger partial charge in [0.25, 0.3) is 0 Å². The van der Waals surface area contributed by atoms with Crippen molar-refractivity contribution < 1.29 is 4.79 Å². The quantitative estimate of drug-likeness (QED) is 0.523. The molecule has 5 rings (SSSR count). The molecular weight excluding hydrogens is 378 g/mol. The first-order valence-electron chi connectivity index (χ1n) is 10.1. The Kier molecular flexibility index (Phi) is 4.54. The second kappa shape index (κ2) is 7.37. The lowest BCUT2D eigenvalue weighted by molar-refractivity contribution is -0.130. The van der Waals surface area contributed by atoms with Crippen molar-refractivity contribution in [3.05, 3.63) is 54.1 Å². The van der Waals surface area contributed by atoms with Crippen LogP contribution >= 0.6 is 0 Å². The number of amides is 1. The third kappa shape index (κ3) is 3.24. The fourth-order valence-electron chi connectivity index (χ4n) is 4.11. The van der Waals surface area contributed by atoms with E-state index in [4.69, 9.17) is 0 Å². The molecule has 152 valence electrons. The number of anilines is 1. The molecule has 4 heterocycles. The first-order valence-corrected chi connectivity index (χ1v) is 10.1. The zero-order valence-corrected chi connectivity index (χ0v) is 17.1. The number of hydrogen-bond acceptors (Lipinski definition) is 6. The number of pyridine rings is 1. The summed E-state index contributed by atoms with van der Waals surface area (Å²) >= 11 is 0. The van der Waals surface area contributed by atoms with E-state index in [0.29, 0.717) is 19.5 Å². The zero-order chi connectivity index (χ0) is 20.7. The van der Waals surface area contributed by atoms with Gasteiger partial charge in [0.2, 0.25) is 5.91 Å². The summed E-state index contributed by atoms with van der Waals surface area (Å²) in [6.07, 6.45) is 3.96. The lowest BCUT2D eigenvalue weighted by Gasteiger charge is -2.35. The highest BCUT2D eigenvalue weighted by Crippen LogP contribution is 2.25. The Balaban J connectivity index is 1.31. The van der Waals surface area contributed by atoms with Crippen LogP contribution in [0.15, 0.2) is 42.7 Å². The van der Waals surface area contributed by atoms with Gasteiger partial charge in [0.1, 0.15) is 11.6 Å². The molecule has 1 aromatic carbocycles. The molecule has 0 saturated carbocycles. The van der Waals surface area contributed by atoms with Gasteiger partial charge >= 0.3 is 0 Å². The summed E-state index contributed by atoms with van der Waals surface area (Å²) in [7, 11) is 1.89. The average molecular weight is 401 g/mol. The Labute approximate surface area is 174 Å². The minimum atomic E-state index is 0.137. The Hall–Kier alpha value is -3.55. The molecule has 30 heavy (non-hydrogen) atoms. The van der Waals surface area contributed by atoms with Gasteiger partial charge in [-0.2, -0.15) is 5.10 Å². The van der Waals surface area contributed by atoms with Gasteiger partial charge in [0, 0.05) is 44.8 Å². The number of carbonyl (C=O) groups excluding carboxylic acids is 1. The standard InChI is InChI=1S/C22H23N7O/c1-15-25-21-18(14-24-27(21)2)22(26-15)29-11-9-28(10-12-29)19(30)13-17-6-3-5-16-7-4-8-23-20(16)17/h3-8,14H,9-13H2,1-2H3. The van der Waals surface area contributed by atoms with Gasteiger partial charge in [-0.3, -0.25) is 14.5 Å². The van der Waals surface area contributed by atoms with E-state index in [1.54, 1.807) is 10.9 Å². The third-order valence-electron chi connectivity index (χ3n) is 5.67. The Morgan fingerprint density at radius 1 is 1.07 bits per heavy atom. The predicted octanol–water partition coefficient (Wildman–Crippen LogP) is 2.11. The lowest BCUT2D eigenvalue weighted by Crippen LogP contribution is -2.49. The summed E-state index contributed by atoms with van der Waals surface area (Å²) in [6.45, 7) is 4.71. The third-order valence-corrected chi connectivity index (χ3v) is 5.67. The molecule has 8 nitrogen and oxygen atoms in total. The largest absolute Gasteiger partial charge is 0.352 e. The van der Waals surface area contributed by atoms with Crippen molar-refractivity contribution in [1.82, 2.24) is 29.6 Å². The highest BCUT2D eigenvalue weighted by atomic mass is 16.2. The molecule has 1 amide bonds. The maximum Gasteiger partial charge on any atom is 0.227 e. The van der Waals surface area contributed by atoms with Gasteiger partial charge in [-0.05, 0) is 18.6 Å². The van der Waals surface area contributed by atoms with Crippen LogP contribution in [-0.4, -0.2) is 61.7 Å². The second-order valence-corrected chi connectivity index (χ2v) is 7.64. The maximum absolute atomic E-state index is 13.0. The zero-order valence-electron chi connectivity index (χ0n) is 17.1. The van der Waals surface area contributed by atoms with Gasteiger partial charge in [-0.25, -0.2) is 9.97 Å². The molecule has 1 saturated heterocycles. The van der Waals surface area contributed by atoms with Crippen LogP contribution in [0.5, 0.6) is 0 Å². The van der Waals surface area contributed by atoms with Crippen LogP contribution < -0.4 is 4.90 Å². The molecule has 0 N–H and O–H groups in total. The fourth-order valence-corrected chi connectivity index (χ4v) is 4.11. The van der Waals surface area contributed by atoms with Gasteiger partial charge in [0.15, 0.2) is 5.65 Å². The first kappa shape index (κ1) is 18.5. The lowest BCUT2D eigenvalue weighted by atomic mass is 10.1. The minimum Gasteiger partial charge on any atom is -0.352 e. The number of carbonyl (C=O) groups is 1. The minimum absolute atomic E-state index is 0.137. The SMILES string of the molecule is Cc1nc(N2CCN(C(=O)Cc3cccc4cccnc34)CC2)c2cnn(C)c2n1. The topological polar surface area (TPSA) is 80.0 Å². The van der Waals surface area contributed by atoms with E-state index in [0.717, 1.165) is 52.2 Å². The number of aryl methyl sites for hydroxylation is 2. The molecule has 0 spiro atoms. The Morgan fingerprint density at radius 2 is 1.87 bits per heavy atom. The number of benzene rings is 1. The number of nitrogens with zero attached hydrogens (tertiary/aromatic N) is 7. The maximum atomic E-state index is 13.0. The molecule has 8 heteroatoms. The van der Waals surface area contributed by atoms with Crippen LogP contribution in [0.25, 0.3) is 21.9 Å². The fraction of sp³-hybridized carbons (Fsp3) is 0.318. The second-order valence-electron chi connectivity index (χ2n) is 7.64. The van der Waals surface area contributed by atoms with Gasteiger partial charge in [0.05, 0.1) is 23.5 Å². The molecule has 0 aliphatic carbocycles. The summed E-state index contributed by atoms with van der Waals surface area (Å²) in [5.74, 6) is 1.76. The number of fused-ring (bicyclic) bond motifs is 2. The van der Waals surface area contributed by atoms with Crippen molar-refractivity contribution in [1.29, 1.82) is 0 Å². The van der Waals surface area contributed by atoms with Gasteiger partial charge in [-0.1, -0.05) is 24.3 Å². The summed E-state index contributed by atoms with van der Waals surface area (Å²) in [6, 6.07) is 9.95. The summed E-state index contributed by atoms with van der Waals surface area (Å²) < 4.78 is 1.77. The molecule has 0 unspecified atom stereocenters. The summed E-state index contributed by atoms with van der Waals surface area (Å²) in [5, 5.41) is 6.34. The van der Waals surface area contributed by atoms with E-state index in [9.17, 15) is 4.79 Å². The van der Waals surface area contributed by atoms with Crippen molar-refractivity contribution >= 4 is 33.7 Å². The van der Waals surface area contributed by atoms with Gasteiger partial charge in [-0.15, -0.1) is 0 Å². The van der Waals surface area contributed by atoms with E-state index in [1.807, 2.05) is 55.4 Å². The molecule has 0 radical (unpaired) electrons. The number of para-hydroxylation sites is 1. The van der Waals surface area contributed by atoms with E-state index in [2.05, 4.69) is 25.0 Å². The van der Waals surface area contributed by atoms with Gasteiger partial charge < -0.3 is 9.80 Å². The molecule has 4 aromatic rings. The number of piperazine rings is 1. The molecule has 0 bridgehead atoms. The van der Waals surface area contributed by atoms with E-state index in [1.165, 1.54) is 0 Å². The first-order chi connectivity index (χ1) is 14.6. The van der Waals surface area contributed by atoms with Crippen molar-refractivity contribution in [2.45, 2.75) is 13.3 Å². The molecule has 3 aromatic heterocycles. The number of hydrogen-bond donors (Lipinski definition) is 0. The van der Waals surface area contributed by atoms with Crippen LogP contribution in [0.2, 0.25) is 0 Å². The molecule has 1 aliphatic heterocycles.